The predicted octanol–water partition coefficient (Wildman–Crippen LogP) is 3.46. The van der Waals surface area contributed by atoms with Gasteiger partial charge in [0.2, 0.25) is 5.91 Å². The van der Waals surface area contributed by atoms with Gasteiger partial charge in [0.15, 0.2) is 0 Å². The number of halogens is 1. The molecule has 26 heavy (non-hydrogen) atoms. The number of hydrogen-bond acceptors (Lipinski definition) is 3. The van der Waals surface area contributed by atoms with Crippen LogP contribution in [0, 0.1) is 6.92 Å². The van der Waals surface area contributed by atoms with Crippen molar-refractivity contribution in [3.63, 3.8) is 0 Å². The number of carbonyl (C=O) groups is 1. The first kappa shape index (κ1) is 16.4. The van der Waals surface area contributed by atoms with Crippen molar-refractivity contribution in [2.24, 2.45) is 12.8 Å². The maximum atomic E-state index is 11.4. The van der Waals surface area contributed by atoms with Crippen molar-refractivity contribution < 1.29 is 4.79 Å². The van der Waals surface area contributed by atoms with Gasteiger partial charge in [-0.25, -0.2) is 4.98 Å². The maximum absolute atomic E-state index is 11.4. The number of nitrogens with two attached hydrogens (primary N) is 1. The lowest BCUT2D eigenvalue weighted by atomic mass is 9.99. The first-order chi connectivity index (χ1) is 12.5. The standard InChI is InChI=1S/C19H16ClN5O/c1-11-15(10-24(2)23-11)13-5-3-4-6-14(13)17-18(20)25-8-7-12(19(21)26)9-16(25)22-17/h3-10H,1-2H3,(H2,21,26). The molecule has 0 spiro atoms. The molecule has 2 N–H and O–H groups in total. The predicted molar refractivity (Wildman–Crippen MR) is 101 cm³/mol. The van der Waals surface area contributed by atoms with Crippen LogP contribution in [0.4, 0.5) is 0 Å². The Labute approximate surface area is 154 Å². The highest BCUT2D eigenvalue weighted by Gasteiger charge is 2.18. The molecule has 0 fully saturated rings. The van der Waals surface area contributed by atoms with Crippen LogP contribution in [0.3, 0.4) is 0 Å². The van der Waals surface area contributed by atoms with E-state index < -0.39 is 5.91 Å². The first-order valence-electron chi connectivity index (χ1n) is 8.03. The molecule has 0 atom stereocenters. The number of hydrogen-bond donors (Lipinski definition) is 1. The zero-order chi connectivity index (χ0) is 18.4. The molecule has 130 valence electrons. The SMILES string of the molecule is Cc1nn(C)cc1-c1ccccc1-c1nc2cc(C(N)=O)ccn2c1Cl. The molecule has 0 saturated carbocycles. The van der Waals surface area contributed by atoms with Crippen molar-refractivity contribution in [3.05, 3.63) is 65.2 Å². The molecule has 4 rings (SSSR count). The first-order valence-corrected chi connectivity index (χ1v) is 8.41. The summed E-state index contributed by atoms with van der Waals surface area (Å²) in [6.45, 7) is 1.97. The second kappa shape index (κ2) is 6.00. The van der Waals surface area contributed by atoms with Gasteiger partial charge in [0, 0.05) is 36.1 Å². The Hall–Kier alpha value is -3.12. The van der Waals surface area contributed by atoms with Crippen molar-refractivity contribution >= 4 is 23.2 Å². The third-order valence-corrected chi connectivity index (χ3v) is 4.70. The molecule has 4 aromatic rings. The minimum absolute atomic E-state index is 0.391. The molecule has 3 aromatic heterocycles. The Morgan fingerprint density at radius 2 is 1.88 bits per heavy atom. The molecular formula is C19H16ClN5O. The highest BCUT2D eigenvalue weighted by atomic mass is 35.5. The number of fused-ring (bicyclic) bond motifs is 1. The van der Waals surface area contributed by atoms with E-state index in [9.17, 15) is 4.79 Å². The van der Waals surface area contributed by atoms with Gasteiger partial charge in [-0.05, 0) is 24.6 Å². The minimum Gasteiger partial charge on any atom is -0.366 e. The number of aromatic nitrogens is 4. The van der Waals surface area contributed by atoms with Gasteiger partial charge in [-0.3, -0.25) is 13.9 Å². The number of primary amides is 1. The van der Waals surface area contributed by atoms with Gasteiger partial charge in [0.1, 0.15) is 16.5 Å². The number of pyridine rings is 1. The van der Waals surface area contributed by atoms with Gasteiger partial charge < -0.3 is 5.73 Å². The summed E-state index contributed by atoms with van der Waals surface area (Å²) in [6.07, 6.45) is 3.68. The number of aryl methyl sites for hydroxylation is 2. The fourth-order valence-corrected chi connectivity index (χ4v) is 3.41. The minimum atomic E-state index is -0.500. The summed E-state index contributed by atoms with van der Waals surface area (Å²) in [5.74, 6) is -0.500. The second-order valence-corrected chi connectivity index (χ2v) is 6.46. The zero-order valence-corrected chi connectivity index (χ0v) is 15.0. The average molecular weight is 366 g/mol. The monoisotopic (exact) mass is 365 g/mol. The number of carbonyl (C=O) groups excluding carboxylic acids is 1. The Morgan fingerprint density at radius 3 is 2.54 bits per heavy atom. The lowest BCUT2D eigenvalue weighted by molar-refractivity contribution is 0.100. The molecule has 0 radical (unpaired) electrons. The quantitative estimate of drug-likeness (QED) is 0.603. The van der Waals surface area contributed by atoms with E-state index in [0.717, 1.165) is 22.4 Å². The van der Waals surface area contributed by atoms with E-state index in [-0.39, 0.29) is 0 Å². The largest absolute Gasteiger partial charge is 0.366 e. The van der Waals surface area contributed by atoms with Crippen molar-refractivity contribution in [2.75, 3.05) is 0 Å². The van der Waals surface area contributed by atoms with Crippen LogP contribution < -0.4 is 5.73 Å². The molecule has 0 saturated heterocycles. The van der Waals surface area contributed by atoms with E-state index in [0.29, 0.717) is 22.1 Å². The molecule has 6 nitrogen and oxygen atoms in total. The summed E-state index contributed by atoms with van der Waals surface area (Å²) >= 11 is 6.59. The van der Waals surface area contributed by atoms with Crippen LogP contribution in [0.25, 0.3) is 28.0 Å². The van der Waals surface area contributed by atoms with E-state index in [1.807, 2.05) is 44.4 Å². The van der Waals surface area contributed by atoms with Crippen molar-refractivity contribution in [1.29, 1.82) is 0 Å². The van der Waals surface area contributed by atoms with Crippen LogP contribution in [0.2, 0.25) is 5.15 Å². The third-order valence-electron chi connectivity index (χ3n) is 4.34. The molecule has 0 aliphatic rings. The topological polar surface area (TPSA) is 78.2 Å². The smallest absolute Gasteiger partial charge is 0.248 e. The summed E-state index contributed by atoms with van der Waals surface area (Å²) in [7, 11) is 1.89. The van der Waals surface area contributed by atoms with Crippen LogP contribution in [0.5, 0.6) is 0 Å². The summed E-state index contributed by atoms with van der Waals surface area (Å²) < 4.78 is 3.52. The Balaban J connectivity index is 1.95. The third kappa shape index (κ3) is 2.55. The van der Waals surface area contributed by atoms with Crippen LogP contribution in [-0.2, 0) is 7.05 Å². The molecule has 1 aromatic carbocycles. The number of imidazole rings is 1. The molecule has 0 bridgehead atoms. The molecule has 0 aliphatic heterocycles. The summed E-state index contributed by atoms with van der Waals surface area (Å²) in [5, 5.41) is 4.90. The van der Waals surface area contributed by atoms with E-state index in [4.69, 9.17) is 17.3 Å². The van der Waals surface area contributed by atoms with Crippen molar-refractivity contribution in [1.82, 2.24) is 19.2 Å². The Morgan fingerprint density at radius 1 is 1.15 bits per heavy atom. The molecule has 3 heterocycles. The van der Waals surface area contributed by atoms with Gasteiger partial charge in [0.25, 0.3) is 0 Å². The maximum Gasteiger partial charge on any atom is 0.248 e. The van der Waals surface area contributed by atoms with Crippen LogP contribution in [0.15, 0.2) is 48.8 Å². The van der Waals surface area contributed by atoms with Crippen LogP contribution >= 0.6 is 11.6 Å². The van der Waals surface area contributed by atoms with Gasteiger partial charge in [-0.15, -0.1) is 0 Å². The highest BCUT2D eigenvalue weighted by molar-refractivity contribution is 6.32. The molecule has 7 heteroatoms. The molecule has 1 amide bonds. The van der Waals surface area contributed by atoms with Gasteiger partial charge in [0.05, 0.1) is 5.69 Å². The summed E-state index contributed by atoms with van der Waals surface area (Å²) in [5.41, 5.74) is 10.8. The van der Waals surface area contributed by atoms with E-state index in [1.54, 1.807) is 27.4 Å². The number of amides is 1. The summed E-state index contributed by atoms with van der Waals surface area (Å²) in [6, 6.07) is 11.2. The van der Waals surface area contributed by atoms with E-state index in [2.05, 4.69) is 10.1 Å². The van der Waals surface area contributed by atoms with Crippen molar-refractivity contribution in [3.8, 4) is 22.4 Å². The lowest BCUT2D eigenvalue weighted by Gasteiger charge is -2.07. The Kier molecular flexibility index (Phi) is 3.77. The van der Waals surface area contributed by atoms with Crippen molar-refractivity contribution in [2.45, 2.75) is 6.92 Å². The number of nitrogens with zero attached hydrogens (tertiary/aromatic N) is 4. The summed E-state index contributed by atoms with van der Waals surface area (Å²) in [4.78, 5) is 16.1. The van der Waals surface area contributed by atoms with Crippen LogP contribution in [0.1, 0.15) is 16.1 Å². The zero-order valence-electron chi connectivity index (χ0n) is 14.3. The van der Waals surface area contributed by atoms with Gasteiger partial charge in [-0.1, -0.05) is 35.9 Å². The van der Waals surface area contributed by atoms with Gasteiger partial charge >= 0.3 is 0 Å². The fraction of sp³-hybridized carbons (Fsp3) is 0.105. The Bertz CT molecular complexity index is 1160. The average Bonchev–Trinajstić information content (AvgIpc) is 3.13. The van der Waals surface area contributed by atoms with E-state index >= 15 is 0 Å². The normalized spacial score (nSPS) is 11.2. The molecular weight excluding hydrogens is 350 g/mol. The number of rotatable bonds is 3. The van der Waals surface area contributed by atoms with E-state index in [1.165, 1.54) is 0 Å². The van der Waals surface area contributed by atoms with Gasteiger partial charge in [-0.2, -0.15) is 5.10 Å². The molecule has 0 unspecified atom stereocenters. The molecule has 0 aliphatic carbocycles. The lowest BCUT2D eigenvalue weighted by Crippen LogP contribution is -2.11. The number of benzene rings is 1. The van der Waals surface area contributed by atoms with Crippen LogP contribution in [-0.4, -0.2) is 25.1 Å². The fourth-order valence-electron chi connectivity index (χ4n) is 3.13. The second-order valence-electron chi connectivity index (χ2n) is 6.11. The highest BCUT2D eigenvalue weighted by Crippen LogP contribution is 2.36.